The first-order valence-electron chi connectivity index (χ1n) is 15.6. The molecule has 3 fully saturated rings. The van der Waals surface area contributed by atoms with Gasteiger partial charge in [-0.1, -0.05) is 65.3 Å². The Morgan fingerprint density at radius 2 is 1.93 bits per heavy atom. The number of fused-ring (bicyclic) bond motifs is 1. The lowest BCUT2D eigenvalue weighted by molar-refractivity contribution is -0.154. The number of nitrogens with zero attached hydrogens (tertiary/aromatic N) is 2. The molecule has 10 nitrogen and oxygen atoms in total. The molecule has 8 atom stereocenters. The van der Waals surface area contributed by atoms with Crippen LogP contribution in [0.2, 0.25) is 0 Å². The summed E-state index contributed by atoms with van der Waals surface area (Å²) >= 11 is 3.71. The van der Waals surface area contributed by atoms with E-state index in [0.29, 0.717) is 19.3 Å². The van der Waals surface area contributed by atoms with Gasteiger partial charge >= 0.3 is 5.97 Å². The van der Waals surface area contributed by atoms with Crippen LogP contribution < -0.4 is 5.32 Å². The molecule has 0 aliphatic carbocycles. The van der Waals surface area contributed by atoms with E-state index in [1.807, 2.05) is 58.0 Å². The Bertz CT molecular complexity index is 1280. The molecule has 3 aliphatic heterocycles. The summed E-state index contributed by atoms with van der Waals surface area (Å²) in [5, 5.41) is 13.4. The van der Waals surface area contributed by atoms with Crippen LogP contribution in [0.25, 0.3) is 0 Å². The third-order valence-electron chi connectivity index (χ3n) is 9.21. The average molecular weight is 689 g/mol. The van der Waals surface area contributed by atoms with E-state index in [2.05, 4.69) is 34.4 Å². The van der Waals surface area contributed by atoms with Crippen molar-refractivity contribution in [2.24, 2.45) is 11.8 Å². The lowest BCUT2D eigenvalue weighted by Crippen LogP contribution is -2.61. The third kappa shape index (κ3) is 6.62. The second-order valence-electron chi connectivity index (χ2n) is 13.0. The quantitative estimate of drug-likeness (QED) is 0.174. The number of aliphatic hydroxyl groups excluding tert-OH is 1. The van der Waals surface area contributed by atoms with Crippen molar-refractivity contribution >= 4 is 39.6 Å². The van der Waals surface area contributed by atoms with E-state index in [1.54, 1.807) is 17.1 Å². The van der Waals surface area contributed by atoms with Crippen LogP contribution in [-0.4, -0.2) is 92.5 Å². The van der Waals surface area contributed by atoms with Crippen molar-refractivity contribution in [1.82, 2.24) is 15.1 Å². The molecular formula is C34H46BrN3O7. The molecule has 2 bridgehead atoms. The number of esters is 1. The number of amides is 3. The molecule has 3 aliphatic rings. The van der Waals surface area contributed by atoms with Gasteiger partial charge in [0.05, 0.1) is 36.6 Å². The zero-order valence-electron chi connectivity index (χ0n) is 26.6. The molecule has 0 aromatic heterocycles. The fourth-order valence-electron chi connectivity index (χ4n) is 7.07. The van der Waals surface area contributed by atoms with Crippen LogP contribution in [0.15, 0.2) is 55.6 Å². The summed E-state index contributed by atoms with van der Waals surface area (Å²) in [4.78, 5) is 58.4. The minimum absolute atomic E-state index is 0.0940. The summed E-state index contributed by atoms with van der Waals surface area (Å²) < 4.78 is 12.2. The van der Waals surface area contributed by atoms with E-state index in [9.17, 15) is 24.3 Å². The fraction of sp³-hybridized carbons (Fsp3) is 0.588. The maximum Gasteiger partial charge on any atom is 0.306 e. The number of hydrogen-bond acceptors (Lipinski definition) is 7. The lowest BCUT2D eigenvalue weighted by Gasteiger charge is -2.43. The number of nitrogens with one attached hydrogen (secondary N) is 1. The van der Waals surface area contributed by atoms with Gasteiger partial charge in [0.1, 0.15) is 18.2 Å². The van der Waals surface area contributed by atoms with E-state index in [4.69, 9.17) is 9.47 Å². The number of benzene rings is 1. The highest BCUT2D eigenvalue weighted by Gasteiger charge is 2.77. The van der Waals surface area contributed by atoms with Crippen molar-refractivity contribution in [1.29, 1.82) is 0 Å². The van der Waals surface area contributed by atoms with Crippen molar-refractivity contribution in [3.8, 4) is 0 Å². The lowest BCUT2D eigenvalue weighted by atomic mass is 9.70. The number of ether oxygens (including phenoxy) is 2. The molecule has 0 radical (unpaired) electrons. The van der Waals surface area contributed by atoms with Crippen LogP contribution in [0.1, 0.15) is 65.0 Å². The van der Waals surface area contributed by atoms with Gasteiger partial charge in [0, 0.05) is 23.3 Å². The van der Waals surface area contributed by atoms with Gasteiger partial charge in [-0.25, -0.2) is 0 Å². The minimum atomic E-state index is -1.28. The summed E-state index contributed by atoms with van der Waals surface area (Å²) in [6.45, 7) is 14.9. The maximum absolute atomic E-state index is 14.5. The average Bonchev–Trinajstić information content (AvgIpc) is 3.60. The van der Waals surface area contributed by atoms with Gasteiger partial charge in [-0.3, -0.25) is 19.2 Å². The Morgan fingerprint density at radius 1 is 1.24 bits per heavy atom. The fourth-order valence-corrected chi connectivity index (χ4v) is 8.01. The Kier molecular flexibility index (Phi) is 11.0. The van der Waals surface area contributed by atoms with Crippen LogP contribution in [-0.2, 0) is 28.7 Å². The summed E-state index contributed by atoms with van der Waals surface area (Å²) in [7, 11) is 0. The van der Waals surface area contributed by atoms with Crippen LogP contribution in [0.5, 0.6) is 0 Å². The van der Waals surface area contributed by atoms with E-state index >= 15 is 0 Å². The molecule has 4 rings (SSSR count). The SMILES string of the molecule is C=CCCC(=O)OC[C@H](NC(=O)[C@H]1[C@@H]2O[C@@]3(CC2Br)[C@@H]1C(=O)N([C@@H](CC)CO)[C@@H]3C(=O)N(CC=C)C(C)(C)C)c1ccccc1. The van der Waals surface area contributed by atoms with Crippen LogP contribution >= 0.6 is 15.9 Å². The summed E-state index contributed by atoms with van der Waals surface area (Å²) in [6.07, 6.45) is 4.03. The van der Waals surface area contributed by atoms with Crippen molar-refractivity contribution in [3.63, 3.8) is 0 Å². The van der Waals surface area contributed by atoms with Gasteiger partial charge in [0.2, 0.25) is 17.7 Å². The van der Waals surface area contributed by atoms with E-state index in [1.165, 1.54) is 4.90 Å². The monoisotopic (exact) mass is 687 g/mol. The second-order valence-corrected chi connectivity index (χ2v) is 14.2. The third-order valence-corrected chi connectivity index (χ3v) is 10.1. The van der Waals surface area contributed by atoms with Crippen LogP contribution in [0.3, 0.4) is 0 Å². The number of halogens is 1. The molecule has 3 amide bonds. The topological polar surface area (TPSA) is 125 Å². The molecule has 0 saturated carbocycles. The van der Waals surface area contributed by atoms with Crippen molar-refractivity contribution in [2.45, 2.75) is 93.6 Å². The van der Waals surface area contributed by atoms with Crippen LogP contribution in [0.4, 0.5) is 0 Å². The first-order chi connectivity index (χ1) is 21.4. The molecule has 3 heterocycles. The van der Waals surface area contributed by atoms with E-state index in [0.717, 1.165) is 5.56 Å². The number of carbonyl (C=O) groups is 4. The van der Waals surface area contributed by atoms with Crippen molar-refractivity contribution in [3.05, 3.63) is 61.2 Å². The van der Waals surface area contributed by atoms with Gasteiger partial charge in [-0.05, 0) is 45.6 Å². The number of likely N-dealkylation sites (tertiary alicyclic amines) is 1. The van der Waals surface area contributed by atoms with Crippen molar-refractivity contribution < 1.29 is 33.8 Å². The number of aliphatic hydroxyl groups is 1. The normalized spacial score (nSPS) is 28.3. The number of hydrogen-bond donors (Lipinski definition) is 2. The molecule has 2 N–H and O–H groups in total. The predicted octanol–water partition coefficient (Wildman–Crippen LogP) is 3.69. The highest BCUT2D eigenvalue weighted by Crippen LogP contribution is 2.60. The Morgan fingerprint density at radius 3 is 2.51 bits per heavy atom. The van der Waals surface area contributed by atoms with Gasteiger partial charge in [-0.15, -0.1) is 13.2 Å². The molecule has 11 heteroatoms. The highest BCUT2D eigenvalue weighted by molar-refractivity contribution is 9.09. The summed E-state index contributed by atoms with van der Waals surface area (Å²) in [5.74, 6) is -3.38. The number of rotatable bonds is 14. The molecule has 246 valence electrons. The Labute approximate surface area is 274 Å². The first kappa shape index (κ1) is 34.8. The Balaban J connectivity index is 1.71. The zero-order chi connectivity index (χ0) is 33.1. The van der Waals surface area contributed by atoms with E-state index < -0.39 is 59.1 Å². The van der Waals surface area contributed by atoms with Crippen molar-refractivity contribution in [2.75, 3.05) is 19.8 Å². The Hall–Kier alpha value is -3.02. The summed E-state index contributed by atoms with van der Waals surface area (Å²) in [5.41, 5.74) is -1.13. The molecule has 1 spiro atoms. The molecule has 1 unspecified atom stereocenters. The smallest absolute Gasteiger partial charge is 0.306 e. The predicted molar refractivity (Wildman–Crippen MR) is 173 cm³/mol. The van der Waals surface area contributed by atoms with Gasteiger partial charge < -0.3 is 29.7 Å². The highest BCUT2D eigenvalue weighted by atomic mass is 79.9. The number of alkyl halides is 1. The molecule has 1 aromatic carbocycles. The number of allylic oxidation sites excluding steroid dienone is 1. The van der Waals surface area contributed by atoms with Crippen LogP contribution in [0, 0.1) is 11.8 Å². The van der Waals surface area contributed by atoms with E-state index in [-0.39, 0.29) is 42.8 Å². The largest absolute Gasteiger partial charge is 0.463 e. The molecular weight excluding hydrogens is 642 g/mol. The standard InChI is InChI=1S/C34H46BrN3O7/c1-7-10-16-25(40)44-20-24(21-14-12-11-13-15-21)36-30(41)26-27-31(42)38(22(9-3)19-39)29(34(27)18-23(35)28(26)45-34)32(43)37(17-8-2)33(4,5)6/h7-8,11-15,22-24,26-29,39H,1-2,9-10,16-20H2,3-6H3,(H,36,41)/t22-,23?,24-,26+,27-,28+,29+,34-/m0/s1. The first-order valence-corrected chi connectivity index (χ1v) is 16.6. The molecule has 3 saturated heterocycles. The second kappa shape index (κ2) is 14.2. The van der Waals surface area contributed by atoms with Gasteiger partial charge in [0.25, 0.3) is 0 Å². The summed E-state index contributed by atoms with van der Waals surface area (Å²) in [6, 6.07) is 6.83. The number of carbonyl (C=O) groups excluding carboxylic acids is 4. The molecule has 45 heavy (non-hydrogen) atoms. The van der Waals surface area contributed by atoms with Gasteiger partial charge in [-0.2, -0.15) is 0 Å². The minimum Gasteiger partial charge on any atom is -0.463 e. The maximum atomic E-state index is 14.5. The molecule has 1 aromatic rings. The van der Waals surface area contributed by atoms with Gasteiger partial charge in [0.15, 0.2) is 0 Å². The zero-order valence-corrected chi connectivity index (χ0v) is 28.2.